The maximum Gasteiger partial charge on any atom is 0.497 e. The lowest BCUT2D eigenvalue weighted by Crippen LogP contribution is -2.41. The van der Waals surface area contributed by atoms with E-state index in [9.17, 15) is 0 Å². The van der Waals surface area contributed by atoms with Crippen molar-refractivity contribution in [3.05, 3.63) is 54.7 Å². The molecule has 0 N–H and O–H groups in total. The van der Waals surface area contributed by atoms with Crippen LogP contribution in [0.2, 0.25) is 0 Å². The molecule has 0 amide bonds. The van der Waals surface area contributed by atoms with Gasteiger partial charge in [-0.1, -0.05) is 42.5 Å². The minimum Gasteiger partial charge on any atom is -0.399 e. The van der Waals surface area contributed by atoms with E-state index >= 15 is 0 Å². The van der Waals surface area contributed by atoms with Crippen molar-refractivity contribution < 1.29 is 18.6 Å². The zero-order valence-electron chi connectivity index (χ0n) is 21.4. The summed E-state index contributed by atoms with van der Waals surface area (Å²) in [6.07, 6.45) is 1.82. The first-order valence-electron chi connectivity index (χ1n) is 12.0. The highest BCUT2D eigenvalue weighted by atomic mass is 16.7. The van der Waals surface area contributed by atoms with Crippen LogP contribution in [0.5, 0.6) is 0 Å². The van der Waals surface area contributed by atoms with Crippen molar-refractivity contribution in [1.82, 2.24) is 4.98 Å². The fourth-order valence-corrected chi connectivity index (χ4v) is 4.41. The van der Waals surface area contributed by atoms with Crippen molar-refractivity contribution in [2.75, 3.05) is 0 Å². The van der Waals surface area contributed by atoms with Crippen molar-refractivity contribution in [3.8, 4) is 11.1 Å². The molecule has 2 aliphatic rings. The molecule has 0 bridgehead atoms. The molecule has 176 valence electrons. The zero-order chi connectivity index (χ0) is 24.5. The maximum atomic E-state index is 6.32. The van der Waals surface area contributed by atoms with Gasteiger partial charge >= 0.3 is 14.2 Å². The minimum absolute atomic E-state index is 0.360. The van der Waals surface area contributed by atoms with Crippen molar-refractivity contribution in [3.63, 3.8) is 0 Å². The van der Waals surface area contributed by atoms with Gasteiger partial charge in [0.05, 0.1) is 27.9 Å². The van der Waals surface area contributed by atoms with Gasteiger partial charge < -0.3 is 18.6 Å². The Morgan fingerprint density at radius 3 is 1.71 bits per heavy atom. The van der Waals surface area contributed by atoms with Crippen LogP contribution in [0.3, 0.4) is 0 Å². The molecule has 2 fully saturated rings. The summed E-state index contributed by atoms with van der Waals surface area (Å²) >= 11 is 0. The van der Waals surface area contributed by atoms with Crippen LogP contribution in [-0.2, 0) is 18.6 Å². The Bertz CT molecular complexity index is 1210. The summed E-state index contributed by atoms with van der Waals surface area (Å²) in [5.74, 6) is 0. The Hall–Kier alpha value is -2.18. The fourth-order valence-electron chi connectivity index (χ4n) is 4.41. The van der Waals surface area contributed by atoms with Gasteiger partial charge in [-0.05, 0) is 78.0 Å². The Morgan fingerprint density at radius 1 is 0.618 bits per heavy atom. The van der Waals surface area contributed by atoms with Crippen LogP contribution < -0.4 is 10.9 Å². The Labute approximate surface area is 203 Å². The predicted octanol–water partition coefficient (Wildman–Crippen LogP) is 4.50. The molecule has 34 heavy (non-hydrogen) atoms. The van der Waals surface area contributed by atoms with Gasteiger partial charge in [0.1, 0.15) is 0 Å². The highest BCUT2D eigenvalue weighted by molar-refractivity contribution is 6.65. The molecule has 0 radical (unpaired) electrons. The molecule has 0 saturated carbocycles. The second-order valence-corrected chi connectivity index (χ2v) is 11.4. The van der Waals surface area contributed by atoms with Crippen molar-refractivity contribution in [2.24, 2.45) is 0 Å². The van der Waals surface area contributed by atoms with E-state index in [-0.39, 0.29) is 18.3 Å². The zero-order valence-corrected chi connectivity index (χ0v) is 21.4. The molecule has 0 spiro atoms. The molecular weight excluding hydrogens is 424 g/mol. The van der Waals surface area contributed by atoms with Gasteiger partial charge in [0.25, 0.3) is 0 Å². The van der Waals surface area contributed by atoms with Crippen LogP contribution in [0.15, 0.2) is 54.7 Å². The smallest absolute Gasteiger partial charge is 0.399 e. The topological polar surface area (TPSA) is 49.8 Å². The molecule has 0 atom stereocenters. The van der Waals surface area contributed by atoms with Crippen LogP contribution in [0, 0.1) is 0 Å². The lowest BCUT2D eigenvalue weighted by Gasteiger charge is -2.32. The quantitative estimate of drug-likeness (QED) is 0.543. The second-order valence-electron chi connectivity index (χ2n) is 11.4. The minimum atomic E-state index is -0.456. The van der Waals surface area contributed by atoms with Gasteiger partial charge in [0.2, 0.25) is 0 Å². The average Bonchev–Trinajstić information content (AvgIpc) is 3.12. The van der Waals surface area contributed by atoms with Gasteiger partial charge in [0, 0.05) is 17.0 Å². The number of fused-ring (bicyclic) bond motifs is 1. The van der Waals surface area contributed by atoms with Crippen LogP contribution in [0.4, 0.5) is 0 Å². The molecule has 7 heteroatoms. The Morgan fingerprint density at radius 2 is 1.15 bits per heavy atom. The van der Waals surface area contributed by atoms with Gasteiger partial charge in [-0.25, -0.2) is 0 Å². The third-order valence-corrected chi connectivity index (χ3v) is 8.06. The number of nitrogens with zero attached hydrogens (tertiary/aromatic N) is 1. The first kappa shape index (κ1) is 23.6. The molecule has 2 aliphatic heterocycles. The van der Waals surface area contributed by atoms with E-state index in [1.54, 1.807) is 0 Å². The molecular formula is C27H33B2NO4. The fraction of sp³-hybridized carbons (Fsp3) is 0.444. The van der Waals surface area contributed by atoms with Crippen LogP contribution in [0.25, 0.3) is 22.0 Å². The van der Waals surface area contributed by atoms with Crippen molar-refractivity contribution >= 4 is 36.1 Å². The molecule has 3 heterocycles. The molecule has 1 aromatic heterocycles. The van der Waals surface area contributed by atoms with E-state index < -0.39 is 18.3 Å². The Kier molecular flexibility index (Phi) is 5.31. The highest BCUT2D eigenvalue weighted by Gasteiger charge is 2.53. The first-order valence-corrected chi connectivity index (χ1v) is 12.0. The third-order valence-electron chi connectivity index (χ3n) is 8.06. The van der Waals surface area contributed by atoms with Crippen LogP contribution in [-0.4, -0.2) is 41.6 Å². The molecule has 5 nitrogen and oxygen atoms in total. The molecule has 3 aromatic rings. The number of hydrogen-bond donors (Lipinski definition) is 0. The molecule has 0 aliphatic carbocycles. The first-order chi connectivity index (χ1) is 15.8. The second kappa shape index (κ2) is 7.66. The summed E-state index contributed by atoms with van der Waals surface area (Å²) < 4.78 is 25.1. The molecule has 2 saturated heterocycles. The predicted molar refractivity (Wildman–Crippen MR) is 139 cm³/mol. The summed E-state index contributed by atoms with van der Waals surface area (Å²) in [4.78, 5) is 4.72. The van der Waals surface area contributed by atoms with Crippen molar-refractivity contribution in [2.45, 2.75) is 77.8 Å². The van der Waals surface area contributed by atoms with E-state index in [0.29, 0.717) is 0 Å². The van der Waals surface area contributed by atoms with Crippen LogP contribution in [0.1, 0.15) is 55.4 Å². The number of rotatable bonds is 3. The van der Waals surface area contributed by atoms with E-state index in [1.807, 2.05) is 12.3 Å². The molecule has 0 unspecified atom stereocenters. The summed E-state index contributed by atoms with van der Waals surface area (Å²) in [7, 11) is -0.828. The highest BCUT2D eigenvalue weighted by Crippen LogP contribution is 2.38. The van der Waals surface area contributed by atoms with E-state index in [0.717, 1.165) is 33.0 Å². The van der Waals surface area contributed by atoms with E-state index in [4.69, 9.17) is 23.6 Å². The maximum absolute atomic E-state index is 6.32. The SMILES string of the molecule is CC1(C)OB(c2ccc(-c3ccc(B4OC(C)(C)C(C)(C)O4)c4ncccc34)cc2)OC1(C)C. The monoisotopic (exact) mass is 457 g/mol. The average molecular weight is 457 g/mol. The summed E-state index contributed by atoms with van der Waals surface area (Å²) in [6, 6.07) is 16.7. The van der Waals surface area contributed by atoms with E-state index in [2.05, 4.69) is 97.9 Å². The van der Waals surface area contributed by atoms with Gasteiger partial charge in [-0.15, -0.1) is 0 Å². The Balaban J connectivity index is 1.49. The third kappa shape index (κ3) is 3.70. The molecule has 5 rings (SSSR count). The van der Waals surface area contributed by atoms with E-state index in [1.165, 1.54) is 0 Å². The van der Waals surface area contributed by atoms with Gasteiger partial charge in [-0.2, -0.15) is 0 Å². The van der Waals surface area contributed by atoms with Gasteiger partial charge in [-0.3, -0.25) is 4.98 Å². The van der Waals surface area contributed by atoms with Crippen molar-refractivity contribution in [1.29, 1.82) is 0 Å². The standard InChI is InChI=1S/C27H33B2NO4/c1-24(2)25(3,4)32-28(31-24)19-13-11-18(12-14-19)20-15-16-22(23-21(20)10-9-17-30-23)29-33-26(5,6)27(7,8)34-29/h9-17H,1-8H3. The number of aromatic nitrogens is 1. The summed E-state index contributed by atoms with van der Waals surface area (Å²) in [6.45, 7) is 16.6. The van der Waals surface area contributed by atoms with Gasteiger partial charge in [0.15, 0.2) is 0 Å². The molecule has 2 aromatic carbocycles. The number of benzene rings is 2. The summed E-state index contributed by atoms with van der Waals surface area (Å²) in [5.41, 5.74) is 3.56. The lowest BCUT2D eigenvalue weighted by molar-refractivity contribution is 0.00578. The van der Waals surface area contributed by atoms with Crippen LogP contribution >= 0.6 is 0 Å². The normalized spacial score (nSPS) is 22.5. The number of pyridine rings is 1. The summed E-state index contributed by atoms with van der Waals surface area (Å²) in [5, 5.41) is 1.07. The number of hydrogen-bond acceptors (Lipinski definition) is 5. The lowest BCUT2D eigenvalue weighted by atomic mass is 9.76. The largest absolute Gasteiger partial charge is 0.497 e.